The average molecular weight is 244 g/mol. The van der Waals surface area contributed by atoms with Crippen molar-refractivity contribution in [2.24, 2.45) is 0 Å². The second kappa shape index (κ2) is 6.83. The van der Waals surface area contributed by atoms with Gasteiger partial charge in [-0.3, -0.25) is 0 Å². The minimum atomic E-state index is -0.841. The highest BCUT2D eigenvalue weighted by Crippen LogP contribution is 2.20. The van der Waals surface area contributed by atoms with E-state index in [0.29, 0.717) is 6.61 Å². The number of rotatable bonds is 6. The van der Waals surface area contributed by atoms with Gasteiger partial charge in [0.25, 0.3) is 0 Å². The molecule has 94 valence electrons. The van der Waals surface area contributed by atoms with E-state index in [4.69, 9.17) is 9.47 Å². The lowest BCUT2D eigenvalue weighted by Crippen LogP contribution is -2.16. The van der Waals surface area contributed by atoms with Crippen LogP contribution >= 0.6 is 0 Å². The third-order valence-corrected chi connectivity index (χ3v) is 2.01. The van der Waals surface area contributed by atoms with E-state index in [1.807, 2.05) is 6.92 Å². The van der Waals surface area contributed by atoms with E-state index < -0.39 is 30.0 Å². The van der Waals surface area contributed by atoms with Crippen LogP contribution in [0, 0.1) is 11.6 Å². The number of hydrogen-bond donors (Lipinski definition) is 0. The van der Waals surface area contributed by atoms with Crippen LogP contribution in [-0.2, 0) is 9.53 Å². The van der Waals surface area contributed by atoms with Crippen molar-refractivity contribution in [3.63, 3.8) is 0 Å². The molecule has 0 unspecified atom stereocenters. The fourth-order valence-corrected chi connectivity index (χ4v) is 1.12. The number of para-hydroxylation sites is 1. The molecule has 1 aromatic carbocycles. The Balaban J connectivity index is 2.42. The van der Waals surface area contributed by atoms with Crippen LogP contribution in [0.4, 0.5) is 8.78 Å². The second-order valence-corrected chi connectivity index (χ2v) is 3.41. The van der Waals surface area contributed by atoms with Gasteiger partial charge in [0.1, 0.15) is 0 Å². The molecular formula is C12H14F2O3. The summed E-state index contributed by atoms with van der Waals surface area (Å²) in [5, 5.41) is 0. The first-order chi connectivity index (χ1) is 8.15. The summed E-state index contributed by atoms with van der Waals surface area (Å²) in [5.41, 5.74) is 0. The van der Waals surface area contributed by atoms with Crippen molar-refractivity contribution in [3.8, 4) is 5.75 Å². The SMILES string of the molecule is CCCCOC(=O)COc1c(F)cccc1F. The Hall–Kier alpha value is -1.65. The van der Waals surface area contributed by atoms with Gasteiger partial charge in [0.15, 0.2) is 24.0 Å². The van der Waals surface area contributed by atoms with Crippen molar-refractivity contribution in [2.75, 3.05) is 13.2 Å². The van der Waals surface area contributed by atoms with Crippen LogP contribution < -0.4 is 4.74 Å². The topological polar surface area (TPSA) is 35.5 Å². The zero-order chi connectivity index (χ0) is 12.7. The van der Waals surface area contributed by atoms with Crippen molar-refractivity contribution < 1.29 is 23.0 Å². The lowest BCUT2D eigenvalue weighted by atomic mass is 10.3. The molecular weight excluding hydrogens is 230 g/mol. The standard InChI is InChI=1S/C12H14F2O3/c1-2-3-7-16-11(15)8-17-12-9(13)5-4-6-10(12)14/h4-6H,2-3,7-8H2,1H3. The molecule has 0 N–H and O–H groups in total. The summed E-state index contributed by atoms with van der Waals surface area (Å²) in [6.45, 7) is 1.75. The van der Waals surface area contributed by atoms with Gasteiger partial charge in [-0.05, 0) is 18.6 Å². The molecule has 0 fully saturated rings. The van der Waals surface area contributed by atoms with Gasteiger partial charge in [0.2, 0.25) is 0 Å². The van der Waals surface area contributed by atoms with Gasteiger partial charge in [0.05, 0.1) is 6.61 Å². The van der Waals surface area contributed by atoms with E-state index in [1.54, 1.807) is 0 Å². The summed E-state index contributed by atoms with van der Waals surface area (Å²) in [7, 11) is 0. The number of benzene rings is 1. The number of unbranched alkanes of at least 4 members (excludes halogenated alkanes) is 1. The van der Waals surface area contributed by atoms with E-state index >= 15 is 0 Å². The summed E-state index contributed by atoms with van der Waals surface area (Å²) >= 11 is 0. The third-order valence-electron chi connectivity index (χ3n) is 2.01. The van der Waals surface area contributed by atoms with Crippen LogP contribution in [0.5, 0.6) is 5.75 Å². The molecule has 0 heterocycles. The minimum absolute atomic E-state index is 0.290. The lowest BCUT2D eigenvalue weighted by Gasteiger charge is -2.07. The molecule has 0 amide bonds. The maximum atomic E-state index is 13.1. The molecule has 1 rings (SSSR count). The molecule has 0 atom stereocenters. The summed E-state index contributed by atoms with van der Waals surface area (Å²) in [4.78, 5) is 11.1. The largest absolute Gasteiger partial charge is 0.476 e. The number of ether oxygens (including phenoxy) is 2. The first-order valence-electron chi connectivity index (χ1n) is 5.37. The molecule has 17 heavy (non-hydrogen) atoms. The number of carbonyl (C=O) groups is 1. The van der Waals surface area contributed by atoms with Crippen molar-refractivity contribution in [1.82, 2.24) is 0 Å². The van der Waals surface area contributed by atoms with Gasteiger partial charge < -0.3 is 9.47 Å². The van der Waals surface area contributed by atoms with Crippen LogP contribution in [0.25, 0.3) is 0 Å². The Morgan fingerprint density at radius 2 is 1.94 bits per heavy atom. The van der Waals surface area contributed by atoms with Crippen LogP contribution in [0.3, 0.4) is 0 Å². The molecule has 0 aliphatic rings. The average Bonchev–Trinajstić information content (AvgIpc) is 2.29. The van der Waals surface area contributed by atoms with E-state index in [-0.39, 0.29) is 0 Å². The van der Waals surface area contributed by atoms with Crippen LogP contribution in [0.1, 0.15) is 19.8 Å². The van der Waals surface area contributed by atoms with Crippen molar-refractivity contribution in [3.05, 3.63) is 29.8 Å². The number of esters is 1. The molecule has 0 spiro atoms. The molecule has 0 aliphatic carbocycles. The van der Waals surface area contributed by atoms with E-state index in [9.17, 15) is 13.6 Å². The maximum absolute atomic E-state index is 13.1. The zero-order valence-corrected chi connectivity index (χ0v) is 9.54. The molecule has 0 aliphatic heterocycles. The highest BCUT2D eigenvalue weighted by molar-refractivity contribution is 5.71. The van der Waals surface area contributed by atoms with Gasteiger partial charge in [-0.25, -0.2) is 13.6 Å². The summed E-state index contributed by atoms with van der Waals surface area (Å²) < 4.78 is 35.7. The Morgan fingerprint density at radius 3 is 2.53 bits per heavy atom. The summed E-state index contributed by atoms with van der Waals surface area (Å²) in [5.74, 6) is -2.88. The molecule has 0 radical (unpaired) electrons. The quantitative estimate of drug-likeness (QED) is 0.570. The molecule has 0 saturated heterocycles. The van der Waals surface area contributed by atoms with Crippen LogP contribution in [-0.4, -0.2) is 19.2 Å². The highest BCUT2D eigenvalue weighted by atomic mass is 19.1. The second-order valence-electron chi connectivity index (χ2n) is 3.41. The lowest BCUT2D eigenvalue weighted by molar-refractivity contribution is -0.146. The minimum Gasteiger partial charge on any atom is -0.476 e. The van der Waals surface area contributed by atoms with Gasteiger partial charge in [-0.2, -0.15) is 0 Å². The fraction of sp³-hybridized carbons (Fsp3) is 0.417. The Morgan fingerprint density at radius 1 is 1.29 bits per heavy atom. The van der Waals surface area contributed by atoms with Gasteiger partial charge in [-0.1, -0.05) is 19.4 Å². The van der Waals surface area contributed by atoms with Crippen LogP contribution in [0.2, 0.25) is 0 Å². The van der Waals surface area contributed by atoms with Crippen LogP contribution in [0.15, 0.2) is 18.2 Å². The number of halogens is 2. The predicted octanol–water partition coefficient (Wildman–Crippen LogP) is 2.69. The molecule has 5 heteroatoms. The van der Waals surface area contributed by atoms with E-state index in [0.717, 1.165) is 25.0 Å². The monoisotopic (exact) mass is 244 g/mol. The zero-order valence-electron chi connectivity index (χ0n) is 9.54. The van der Waals surface area contributed by atoms with E-state index in [1.165, 1.54) is 6.07 Å². The van der Waals surface area contributed by atoms with Gasteiger partial charge >= 0.3 is 5.97 Å². The van der Waals surface area contributed by atoms with Gasteiger partial charge in [0, 0.05) is 0 Å². The van der Waals surface area contributed by atoms with Crippen molar-refractivity contribution in [1.29, 1.82) is 0 Å². The third kappa shape index (κ3) is 4.38. The Kier molecular flexibility index (Phi) is 5.39. The molecule has 0 bridgehead atoms. The summed E-state index contributed by atoms with van der Waals surface area (Å²) in [6.07, 6.45) is 1.65. The maximum Gasteiger partial charge on any atom is 0.344 e. The van der Waals surface area contributed by atoms with Crippen molar-refractivity contribution in [2.45, 2.75) is 19.8 Å². The molecule has 1 aromatic rings. The number of hydrogen-bond acceptors (Lipinski definition) is 3. The molecule has 3 nitrogen and oxygen atoms in total. The Bertz CT molecular complexity index is 360. The molecule has 0 aromatic heterocycles. The number of carbonyl (C=O) groups excluding carboxylic acids is 1. The Labute approximate surface area is 98.3 Å². The first-order valence-corrected chi connectivity index (χ1v) is 5.37. The van der Waals surface area contributed by atoms with Crippen molar-refractivity contribution >= 4 is 5.97 Å². The first kappa shape index (κ1) is 13.4. The molecule has 0 saturated carbocycles. The van der Waals surface area contributed by atoms with Gasteiger partial charge in [-0.15, -0.1) is 0 Å². The van der Waals surface area contributed by atoms with E-state index in [2.05, 4.69) is 0 Å². The normalized spacial score (nSPS) is 10.1. The fourth-order valence-electron chi connectivity index (χ4n) is 1.12. The highest BCUT2D eigenvalue weighted by Gasteiger charge is 2.12. The predicted molar refractivity (Wildman–Crippen MR) is 57.7 cm³/mol. The summed E-state index contributed by atoms with van der Waals surface area (Å²) in [6, 6.07) is 3.33. The smallest absolute Gasteiger partial charge is 0.344 e.